The fourth-order valence-corrected chi connectivity index (χ4v) is 1.98. The Morgan fingerprint density at radius 3 is 3.00 bits per heavy atom. The van der Waals surface area contributed by atoms with Gasteiger partial charge >= 0.3 is 0 Å². The molecule has 0 aromatic carbocycles. The summed E-state index contributed by atoms with van der Waals surface area (Å²) in [4.78, 5) is 4.49. The molecule has 2 nitrogen and oxygen atoms in total. The van der Waals surface area contributed by atoms with Crippen molar-refractivity contribution in [2.75, 3.05) is 0 Å². The van der Waals surface area contributed by atoms with Crippen molar-refractivity contribution < 1.29 is 0 Å². The van der Waals surface area contributed by atoms with Gasteiger partial charge in [-0.3, -0.25) is 0 Å². The Kier molecular flexibility index (Phi) is 3.05. The summed E-state index contributed by atoms with van der Waals surface area (Å²) in [5, 5.41) is 0. The van der Waals surface area contributed by atoms with Gasteiger partial charge in [0.15, 0.2) is 0 Å². The fourth-order valence-electron chi connectivity index (χ4n) is 1.98. The third-order valence-electron chi connectivity index (χ3n) is 2.74. The van der Waals surface area contributed by atoms with Crippen molar-refractivity contribution in [3.63, 3.8) is 0 Å². The number of aromatic nitrogens is 2. The van der Waals surface area contributed by atoms with Gasteiger partial charge in [-0.05, 0) is 38.0 Å². The van der Waals surface area contributed by atoms with Gasteiger partial charge in [0.1, 0.15) is 5.65 Å². The zero-order valence-corrected chi connectivity index (χ0v) is 9.53. The van der Waals surface area contributed by atoms with Crippen LogP contribution in [-0.4, -0.2) is 9.38 Å². The predicted octanol–water partition coefficient (Wildman–Crippen LogP) is 3.38. The predicted molar refractivity (Wildman–Crippen MR) is 63.2 cm³/mol. The maximum Gasteiger partial charge on any atom is 0.137 e. The number of hydrogen-bond donors (Lipinski definition) is 0. The molecule has 0 radical (unpaired) electrons. The van der Waals surface area contributed by atoms with E-state index in [-0.39, 0.29) is 0 Å². The lowest BCUT2D eigenvalue weighted by atomic mass is 10.1. The lowest BCUT2D eigenvalue weighted by molar-refractivity contribution is 0.700. The molecule has 15 heavy (non-hydrogen) atoms. The molecule has 2 heteroatoms. The molecule has 0 N–H and O–H groups in total. The zero-order chi connectivity index (χ0) is 10.7. The molecule has 2 heterocycles. The Morgan fingerprint density at radius 1 is 1.33 bits per heavy atom. The van der Waals surface area contributed by atoms with E-state index in [0.717, 1.165) is 17.8 Å². The zero-order valence-electron chi connectivity index (χ0n) is 9.53. The summed E-state index contributed by atoms with van der Waals surface area (Å²) in [6.45, 7) is 4.30. The number of unbranched alkanes of at least 4 members (excludes halogenated alkanes) is 2. The molecule has 0 spiro atoms. The van der Waals surface area contributed by atoms with E-state index in [4.69, 9.17) is 0 Å². The van der Waals surface area contributed by atoms with E-state index in [9.17, 15) is 0 Å². The maximum absolute atomic E-state index is 4.49. The Hall–Kier alpha value is -1.31. The van der Waals surface area contributed by atoms with Gasteiger partial charge in [-0.25, -0.2) is 4.98 Å². The van der Waals surface area contributed by atoms with Crippen LogP contribution in [0.15, 0.2) is 24.4 Å². The second-order valence-corrected chi connectivity index (χ2v) is 4.08. The molecular weight excluding hydrogens is 184 g/mol. The third-order valence-corrected chi connectivity index (χ3v) is 2.74. The van der Waals surface area contributed by atoms with Crippen LogP contribution < -0.4 is 0 Å². The molecule has 2 aromatic rings. The number of rotatable bonds is 4. The molecule has 0 saturated carbocycles. The first-order valence-corrected chi connectivity index (χ1v) is 5.75. The van der Waals surface area contributed by atoms with Gasteiger partial charge in [0.05, 0.1) is 0 Å². The van der Waals surface area contributed by atoms with Crippen LogP contribution in [0.1, 0.15) is 37.6 Å². The lowest BCUT2D eigenvalue weighted by Crippen LogP contribution is -1.99. The number of fused-ring (bicyclic) bond motifs is 1. The number of aryl methyl sites for hydroxylation is 2. The van der Waals surface area contributed by atoms with Crippen LogP contribution in [0.4, 0.5) is 0 Å². The summed E-state index contributed by atoms with van der Waals surface area (Å²) in [6.07, 6.45) is 7.11. The van der Waals surface area contributed by atoms with Crippen LogP contribution in [0.5, 0.6) is 0 Å². The highest BCUT2D eigenvalue weighted by molar-refractivity contribution is 5.41. The average molecular weight is 202 g/mol. The van der Waals surface area contributed by atoms with Gasteiger partial charge in [0.25, 0.3) is 0 Å². The van der Waals surface area contributed by atoms with E-state index in [0.29, 0.717) is 0 Å². The van der Waals surface area contributed by atoms with E-state index >= 15 is 0 Å². The van der Waals surface area contributed by atoms with Crippen LogP contribution in [0.2, 0.25) is 0 Å². The molecule has 0 aliphatic rings. The quantitative estimate of drug-likeness (QED) is 0.695. The van der Waals surface area contributed by atoms with Crippen LogP contribution in [-0.2, 0) is 6.42 Å². The molecule has 0 bridgehead atoms. The Bertz CT molecular complexity index is 443. The maximum atomic E-state index is 4.49. The highest BCUT2D eigenvalue weighted by atomic mass is 15.0. The third kappa shape index (κ3) is 2.20. The normalized spacial score (nSPS) is 11.1. The van der Waals surface area contributed by atoms with E-state index in [1.165, 1.54) is 25.0 Å². The summed E-state index contributed by atoms with van der Waals surface area (Å²) in [5.74, 6) is 0. The van der Waals surface area contributed by atoms with Crippen molar-refractivity contribution in [2.45, 2.75) is 39.5 Å². The van der Waals surface area contributed by atoms with Crippen molar-refractivity contribution in [1.29, 1.82) is 0 Å². The molecule has 0 atom stereocenters. The van der Waals surface area contributed by atoms with E-state index in [2.05, 4.69) is 47.6 Å². The van der Waals surface area contributed by atoms with Gasteiger partial charge in [-0.1, -0.05) is 19.8 Å². The Balaban J connectivity index is 2.27. The summed E-state index contributed by atoms with van der Waals surface area (Å²) in [7, 11) is 0. The Morgan fingerprint density at radius 2 is 2.20 bits per heavy atom. The SMILES string of the molecule is CCCCCc1cc(C)nc2cccn12. The lowest BCUT2D eigenvalue weighted by Gasteiger charge is -2.06. The first kappa shape index (κ1) is 10.2. The van der Waals surface area contributed by atoms with Gasteiger partial charge in [-0.2, -0.15) is 0 Å². The molecule has 0 saturated heterocycles. The van der Waals surface area contributed by atoms with Crippen LogP contribution in [0.3, 0.4) is 0 Å². The van der Waals surface area contributed by atoms with Gasteiger partial charge < -0.3 is 4.40 Å². The van der Waals surface area contributed by atoms with Crippen LogP contribution in [0, 0.1) is 6.92 Å². The van der Waals surface area contributed by atoms with Crippen LogP contribution in [0.25, 0.3) is 5.65 Å². The van der Waals surface area contributed by atoms with Gasteiger partial charge in [-0.15, -0.1) is 0 Å². The number of nitrogens with zero attached hydrogens (tertiary/aromatic N) is 2. The number of hydrogen-bond acceptors (Lipinski definition) is 1. The topological polar surface area (TPSA) is 17.3 Å². The minimum absolute atomic E-state index is 1.07. The highest BCUT2D eigenvalue weighted by Gasteiger charge is 2.02. The minimum atomic E-state index is 1.07. The van der Waals surface area contributed by atoms with Crippen molar-refractivity contribution in [3.8, 4) is 0 Å². The van der Waals surface area contributed by atoms with Crippen LogP contribution >= 0.6 is 0 Å². The first-order chi connectivity index (χ1) is 7.31. The smallest absolute Gasteiger partial charge is 0.137 e. The molecule has 0 unspecified atom stereocenters. The molecular formula is C13H18N2. The van der Waals surface area contributed by atoms with Crippen molar-refractivity contribution in [2.24, 2.45) is 0 Å². The molecule has 0 aliphatic carbocycles. The summed E-state index contributed by atoms with van der Waals surface area (Å²) in [6, 6.07) is 6.32. The molecule has 0 fully saturated rings. The van der Waals surface area contributed by atoms with E-state index in [1.54, 1.807) is 0 Å². The standard InChI is InChI=1S/C13H18N2/c1-3-4-5-7-12-10-11(2)14-13-8-6-9-15(12)13/h6,8-10H,3-5,7H2,1-2H3. The van der Waals surface area contributed by atoms with E-state index in [1.807, 2.05) is 0 Å². The van der Waals surface area contributed by atoms with Gasteiger partial charge in [0.2, 0.25) is 0 Å². The van der Waals surface area contributed by atoms with Crippen molar-refractivity contribution >= 4 is 5.65 Å². The molecule has 80 valence electrons. The van der Waals surface area contributed by atoms with Crippen molar-refractivity contribution in [1.82, 2.24) is 9.38 Å². The Labute approximate surface area is 91.0 Å². The monoisotopic (exact) mass is 202 g/mol. The highest BCUT2D eigenvalue weighted by Crippen LogP contribution is 2.12. The largest absolute Gasteiger partial charge is 0.306 e. The molecule has 2 aromatic heterocycles. The van der Waals surface area contributed by atoms with Crippen molar-refractivity contribution in [3.05, 3.63) is 35.8 Å². The fraction of sp³-hybridized carbons (Fsp3) is 0.462. The second-order valence-electron chi connectivity index (χ2n) is 4.08. The summed E-state index contributed by atoms with van der Waals surface area (Å²) >= 11 is 0. The second kappa shape index (κ2) is 4.47. The minimum Gasteiger partial charge on any atom is -0.306 e. The summed E-state index contributed by atoms with van der Waals surface area (Å²) < 4.78 is 2.20. The summed E-state index contributed by atoms with van der Waals surface area (Å²) in [5.41, 5.74) is 3.57. The first-order valence-electron chi connectivity index (χ1n) is 5.75. The average Bonchev–Trinajstić information content (AvgIpc) is 2.65. The molecule has 0 aliphatic heterocycles. The molecule has 2 rings (SSSR count). The molecule has 0 amide bonds. The van der Waals surface area contributed by atoms with Gasteiger partial charge in [0, 0.05) is 17.6 Å². The van der Waals surface area contributed by atoms with E-state index < -0.39 is 0 Å².